The zero-order chi connectivity index (χ0) is 7.84. The largest absolute Gasteiger partial charge is 0.431 e. The van der Waals surface area contributed by atoms with Crippen molar-refractivity contribution in [3.63, 3.8) is 0 Å². The van der Waals surface area contributed by atoms with Crippen molar-refractivity contribution in [3.05, 3.63) is 11.8 Å². The van der Waals surface area contributed by atoms with Crippen molar-refractivity contribution < 1.29 is 9.53 Å². The highest BCUT2D eigenvalue weighted by Gasteiger charge is 2.42. The molecule has 2 rings (SSSR count). The molecule has 2 heteroatoms. The Morgan fingerprint density at radius 3 is 3.27 bits per heavy atom. The molecule has 2 nitrogen and oxygen atoms in total. The van der Waals surface area contributed by atoms with E-state index in [1.165, 1.54) is 19.8 Å². The third-order valence-electron chi connectivity index (χ3n) is 2.43. The van der Waals surface area contributed by atoms with Crippen LogP contribution in [0.4, 0.5) is 0 Å². The van der Waals surface area contributed by atoms with Crippen molar-refractivity contribution >= 4 is 5.97 Å². The number of rotatable bonds is 1. The molecule has 2 unspecified atom stereocenters. The molecule has 11 heavy (non-hydrogen) atoms. The van der Waals surface area contributed by atoms with Crippen LogP contribution in [0.15, 0.2) is 11.8 Å². The number of carbonyl (C=O) groups excluding carboxylic acids is 1. The summed E-state index contributed by atoms with van der Waals surface area (Å²) in [5, 5.41) is 0. The summed E-state index contributed by atoms with van der Waals surface area (Å²) in [4.78, 5) is 10.6. The van der Waals surface area contributed by atoms with Crippen LogP contribution in [-0.4, -0.2) is 5.97 Å². The van der Waals surface area contributed by atoms with E-state index in [0.29, 0.717) is 5.92 Å². The van der Waals surface area contributed by atoms with Crippen molar-refractivity contribution in [1.82, 2.24) is 0 Å². The number of ether oxygens (including phenoxy) is 1. The molecular weight excluding hydrogens is 140 g/mol. The Hall–Kier alpha value is -0.790. The van der Waals surface area contributed by atoms with Crippen LogP contribution >= 0.6 is 0 Å². The summed E-state index contributed by atoms with van der Waals surface area (Å²) in [5.41, 5.74) is 0. The Morgan fingerprint density at radius 1 is 1.73 bits per heavy atom. The fraction of sp³-hybridized carbons (Fsp3) is 0.667. The van der Waals surface area contributed by atoms with E-state index in [1.54, 1.807) is 0 Å². The zero-order valence-electron chi connectivity index (χ0n) is 6.67. The van der Waals surface area contributed by atoms with Gasteiger partial charge in [0.15, 0.2) is 0 Å². The molecule has 0 amide bonds. The quantitative estimate of drug-likeness (QED) is 0.536. The molecule has 2 aliphatic carbocycles. The Morgan fingerprint density at radius 2 is 2.55 bits per heavy atom. The fourth-order valence-corrected chi connectivity index (χ4v) is 1.79. The number of fused-ring (bicyclic) bond motifs is 1. The fourth-order valence-electron chi connectivity index (χ4n) is 1.79. The highest BCUT2D eigenvalue weighted by Crippen LogP contribution is 2.50. The van der Waals surface area contributed by atoms with Crippen LogP contribution in [0.3, 0.4) is 0 Å². The van der Waals surface area contributed by atoms with E-state index in [9.17, 15) is 4.79 Å². The first-order valence-electron chi connectivity index (χ1n) is 4.16. The van der Waals surface area contributed by atoms with E-state index in [-0.39, 0.29) is 5.97 Å². The van der Waals surface area contributed by atoms with Gasteiger partial charge in [0.05, 0.1) is 0 Å². The van der Waals surface area contributed by atoms with Gasteiger partial charge in [0, 0.05) is 12.8 Å². The minimum Gasteiger partial charge on any atom is -0.431 e. The van der Waals surface area contributed by atoms with E-state index in [2.05, 4.69) is 6.08 Å². The first-order chi connectivity index (χ1) is 5.27. The zero-order valence-corrected chi connectivity index (χ0v) is 6.67. The molecule has 0 spiro atoms. The SMILES string of the molecule is CC(=O)OC1=CCCC2CC12. The van der Waals surface area contributed by atoms with Gasteiger partial charge >= 0.3 is 5.97 Å². The lowest BCUT2D eigenvalue weighted by Crippen LogP contribution is -2.04. The Balaban J connectivity index is 2.01. The van der Waals surface area contributed by atoms with Gasteiger partial charge < -0.3 is 4.74 Å². The molecule has 0 aromatic carbocycles. The minimum atomic E-state index is -0.177. The molecule has 2 atom stereocenters. The van der Waals surface area contributed by atoms with Gasteiger partial charge in [-0.2, -0.15) is 0 Å². The summed E-state index contributed by atoms with van der Waals surface area (Å²) in [6.07, 6.45) is 5.67. The molecule has 0 saturated heterocycles. The van der Waals surface area contributed by atoms with Crippen LogP contribution < -0.4 is 0 Å². The third kappa shape index (κ3) is 1.30. The second-order valence-corrected chi connectivity index (χ2v) is 3.38. The van der Waals surface area contributed by atoms with E-state index >= 15 is 0 Å². The average molecular weight is 152 g/mol. The van der Waals surface area contributed by atoms with Gasteiger partial charge in [0.2, 0.25) is 0 Å². The molecule has 2 aliphatic rings. The smallest absolute Gasteiger partial charge is 0.307 e. The van der Waals surface area contributed by atoms with Gasteiger partial charge in [0.1, 0.15) is 5.76 Å². The maximum absolute atomic E-state index is 10.6. The molecule has 1 saturated carbocycles. The van der Waals surface area contributed by atoms with Crippen molar-refractivity contribution in [2.24, 2.45) is 11.8 Å². The van der Waals surface area contributed by atoms with Gasteiger partial charge in [-0.05, 0) is 31.3 Å². The topological polar surface area (TPSA) is 26.3 Å². The molecule has 1 fully saturated rings. The second-order valence-electron chi connectivity index (χ2n) is 3.38. The summed E-state index contributed by atoms with van der Waals surface area (Å²) in [7, 11) is 0. The number of allylic oxidation sites excluding steroid dienone is 2. The van der Waals surface area contributed by atoms with E-state index in [1.807, 2.05) is 0 Å². The van der Waals surface area contributed by atoms with Crippen LogP contribution in [0, 0.1) is 11.8 Å². The lowest BCUT2D eigenvalue weighted by atomic mass is 10.1. The van der Waals surface area contributed by atoms with Crippen LogP contribution in [-0.2, 0) is 9.53 Å². The predicted molar refractivity (Wildman–Crippen MR) is 40.7 cm³/mol. The Kier molecular flexibility index (Phi) is 1.48. The van der Waals surface area contributed by atoms with Crippen molar-refractivity contribution in [2.75, 3.05) is 0 Å². The van der Waals surface area contributed by atoms with Gasteiger partial charge in [-0.15, -0.1) is 0 Å². The van der Waals surface area contributed by atoms with Crippen LogP contribution in [0.25, 0.3) is 0 Å². The summed E-state index contributed by atoms with van der Waals surface area (Å²) in [5.74, 6) is 2.18. The van der Waals surface area contributed by atoms with Gasteiger partial charge in [0.25, 0.3) is 0 Å². The number of hydrogen-bond donors (Lipinski definition) is 0. The van der Waals surface area contributed by atoms with Crippen LogP contribution in [0.1, 0.15) is 26.2 Å². The molecule has 0 bridgehead atoms. The van der Waals surface area contributed by atoms with Gasteiger partial charge in [-0.1, -0.05) is 0 Å². The third-order valence-corrected chi connectivity index (χ3v) is 2.43. The van der Waals surface area contributed by atoms with Gasteiger partial charge in [-0.25, -0.2) is 0 Å². The molecule has 0 aromatic rings. The van der Waals surface area contributed by atoms with Crippen LogP contribution in [0.5, 0.6) is 0 Å². The molecule has 0 aliphatic heterocycles. The lowest BCUT2D eigenvalue weighted by Gasteiger charge is -2.10. The minimum absolute atomic E-state index is 0.177. The molecule has 0 N–H and O–H groups in total. The monoisotopic (exact) mass is 152 g/mol. The van der Waals surface area contributed by atoms with Crippen molar-refractivity contribution in [1.29, 1.82) is 0 Å². The maximum Gasteiger partial charge on any atom is 0.307 e. The normalized spacial score (nSPS) is 33.7. The predicted octanol–water partition coefficient (Wildman–Crippen LogP) is 1.86. The molecule has 0 aromatic heterocycles. The summed E-state index contributed by atoms with van der Waals surface area (Å²) >= 11 is 0. The van der Waals surface area contributed by atoms with Crippen molar-refractivity contribution in [2.45, 2.75) is 26.2 Å². The first-order valence-corrected chi connectivity index (χ1v) is 4.16. The highest BCUT2D eigenvalue weighted by atomic mass is 16.5. The molecule has 0 heterocycles. The van der Waals surface area contributed by atoms with E-state index in [4.69, 9.17) is 4.74 Å². The standard InChI is InChI=1S/C9H12O2/c1-6(10)11-9-4-2-3-7-5-8(7)9/h4,7-8H,2-3,5H2,1H3. The Bertz CT molecular complexity index is 218. The summed E-state index contributed by atoms with van der Waals surface area (Å²) in [6, 6.07) is 0. The van der Waals surface area contributed by atoms with E-state index < -0.39 is 0 Å². The highest BCUT2D eigenvalue weighted by molar-refractivity contribution is 5.67. The Labute approximate surface area is 66.2 Å². The van der Waals surface area contributed by atoms with Crippen molar-refractivity contribution in [3.8, 4) is 0 Å². The first kappa shape index (κ1) is 6.89. The summed E-state index contributed by atoms with van der Waals surface area (Å²) in [6.45, 7) is 1.47. The number of esters is 1. The molecular formula is C9H12O2. The second kappa shape index (κ2) is 2.36. The number of carbonyl (C=O) groups is 1. The molecule has 0 radical (unpaired) electrons. The average Bonchev–Trinajstić information content (AvgIpc) is 2.65. The number of hydrogen-bond acceptors (Lipinski definition) is 2. The molecule has 60 valence electrons. The van der Waals surface area contributed by atoms with E-state index in [0.717, 1.165) is 18.1 Å². The van der Waals surface area contributed by atoms with Crippen LogP contribution in [0.2, 0.25) is 0 Å². The van der Waals surface area contributed by atoms with Gasteiger partial charge in [-0.3, -0.25) is 4.79 Å². The lowest BCUT2D eigenvalue weighted by molar-refractivity contribution is -0.137. The summed E-state index contributed by atoms with van der Waals surface area (Å²) < 4.78 is 5.07. The maximum atomic E-state index is 10.6.